The molecule has 1 fully saturated rings. The van der Waals surface area contributed by atoms with Gasteiger partial charge in [-0.05, 0) is 54.6 Å². The van der Waals surface area contributed by atoms with Crippen molar-refractivity contribution in [3.8, 4) is 0 Å². The summed E-state index contributed by atoms with van der Waals surface area (Å²) in [6, 6.07) is 12.0. The Morgan fingerprint density at radius 1 is 1.06 bits per heavy atom. The van der Waals surface area contributed by atoms with Crippen molar-refractivity contribution >= 4 is 38.9 Å². The van der Waals surface area contributed by atoms with Gasteiger partial charge in [0, 0.05) is 23.5 Å². The summed E-state index contributed by atoms with van der Waals surface area (Å²) < 4.78 is 33.6. The maximum absolute atomic E-state index is 13.5. The van der Waals surface area contributed by atoms with Gasteiger partial charge in [-0.3, -0.25) is 4.79 Å². The van der Waals surface area contributed by atoms with Gasteiger partial charge in [0.2, 0.25) is 10.0 Å². The third kappa shape index (κ3) is 5.26. The predicted octanol–water partition coefficient (Wildman–Crippen LogP) is 5.40. The molecule has 6 nitrogen and oxygen atoms in total. The Labute approximate surface area is 197 Å². The van der Waals surface area contributed by atoms with Crippen molar-refractivity contribution in [3.63, 3.8) is 0 Å². The number of benzene rings is 1. The number of nitrogens with zero attached hydrogens (tertiary/aromatic N) is 2. The molecule has 2 aromatic heterocycles. The molecule has 4 rings (SSSR count). The van der Waals surface area contributed by atoms with E-state index in [1.165, 1.54) is 16.4 Å². The number of thiophene rings is 1. The van der Waals surface area contributed by atoms with Crippen molar-refractivity contribution in [3.05, 3.63) is 75.3 Å². The molecule has 1 amide bonds. The van der Waals surface area contributed by atoms with Crippen molar-refractivity contribution in [2.45, 2.75) is 43.7 Å². The fraction of sp³-hybridized carbons (Fsp3) is 0.348. The quantitative estimate of drug-likeness (QED) is 0.442. The van der Waals surface area contributed by atoms with E-state index >= 15 is 0 Å². The average molecular weight is 493 g/mol. The Morgan fingerprint density at radius 3 is 2.50 bits per heavy atom. The van der Waals surface area contributed by atoms with E-state index in [4.69, 9.17) is 16.0 Å². The second-order valence-electron chi connectivity index (χ2n) is 7.78. The smallest absolute Gasteiger partial charge is 0.254 e. The van der Waals surface area contributed by atoms with Gasteiger partial charge in [0.25, 0.3) is 5.91 Å². The largest absolute Gasteiger partial charge is 0.467 e. The molecule has 1 saturated heterocycles. The van der Waals surface area contributed by atoms with Crippen molar-refractivity contribution in [2.75, 3.05) is 13.1 Å². The molecular formula is C23H25ClN2O4S2. The zero-order chi connectivity index (χ0) is 22.6. The first-order valence-corrected chi connectivity index (χ1v) is 13.3. The van der Waals surface area contributed by atoms with Crippen LogP contribution in [-0.2, 0) is 23.1 Å². The van der Waals surface area contributed by atoms with Crippen molar-refractivity contribution in [1.82, 2.24) is 9.21 Å². The summed E-state index contributed by atoms with van der Waals surface area (Å²) in [6.07, 6.45) is 5.25. The second kappa shape index (κ2) is 10.2. The topological polar surface area (TPSA) is 70.8 Å². The van der Waals surface area contributed by atoms with Crippen LogP contribution >= 0.6 is 22.9 Å². The molecular weight excluding hydrogens is 468 g/mol. The molecule has 0 N–H and O–H groups in total. The van der Waals surface area contributed by atoms with Crippen LogP contribution in [0, 0.1) is 0 Å². The van der Waals surface area contributed by atoms with Crippen LogP contribution in [0.5, 0.6) is 0 Å². The summed E-state index contributed by atoms with van der Waals surface area (Å²) in [7, 11) is -3.78. The predicted molar refractivity (Wildman–Crippen MR) is 125 cm³/mol. The number of sulfonamides is 1. The van der Waals surface area contributed by atoms with Gasteiger partial charge < -0.3 is 9.32 Å². The van der Waals surface area contributed by atoms with Crippen molar-refractivity contribution in [2.24, 2.45) is 0 Å². The number of furan rings is 1. The number of hydrogen-bond donors (Lipinski definition) is 0. The van der Waals surface area contributed by atoms with Gasteiger partial charge in [0.15, 0.2) is 0 Å². The maximum Gasteiger partial charge on any atom is 0.254 e. The number of carbonyl (C=O) groups is 1. The number of amides is 1. The van der Waals surface area contributed by atoms with Gasteiger partial charge in [-0.25, -0.2) is 8.42 Å². The molecule has 1 aliphatic rings. The lowest BCUT2D eigenvalue weighted by atomic mass is 10.2. The van der Waals surface area contributed by atoms with Gasteiger partial charge in [-0.2, -0.15) is 4.31 Å². The molecule has 0 radical (unpaired) electrons. The molecule has 0 atom stereocenters. The number of rotatable bonds is 7. The molecule has 0 unspecified atom stereocenters. The number of hydrogen-bond acceptors (Lipinski definition) is 5. The summed E-state index contributed by atoms with van der Waals surface area (Å²) in [4.78, 5) is 16.1. The Hall–Kier alpha value is -2.13. The minimum atomic E-state index is -3.78. The standard InChI is InChI=1S/C23H25ClN2O4S2/c24-21-10-9-18(15-22(21)32(28,29)26-11-3-1-2-4-12-26)23(27)25(16-19-7-5-13-30-19)17-20-8-6-14-31-20/h5-10,13-15H,1-4,11-12,16-17H2. The molecule has 9 heteroatoms. The highest BCUT2D eigenvalue weighted by atomic mass is 35.5. The number of halogens is 1. The monoisotopic (exact) mass is 492 g/mol. The minimum absolute atomic E-state index is 0.0130. The summed E-state index contributed by atoms with van der Waals surface area (Å²) >= 11 is 7.87. The molecule has 3 aromatic rings. The van der Waals surface area contributed by atoms with Gasteiger partial charge in [0.1, 0.15) is 10.7 Å². The Bertz CT molecular complexity index is 1100. The lowest BCUT2D eigenvalue weighted by Crippen LogP contribution is -2.33. The fourth-order valence-corrected chi connectivity index (χ4v) is 6.56. The van der Waals surface area contributed by atoms with Gasteiger partial charge >= 0.3 is 0 Å². The highest BCUT2D eigenvalue weighted by Crippen LogP contribution is 2.29. The lowest BCUT2D eigenvalue weighted by molar-refractivity contribution is 0.0719. The highest BCUT2D eigenvalue weighted by Gasteiger charge is 2.29. The molecule has 0 spiro atoms. The van der Waals surface area contributed by atoms with Crippen LogP contribution in [0.3, 0.4) is 0 Å². The molecule has 1 aromatic carbocycles. The summed E-state index contributed by atoms with van der Waals surface area (Å²) in [6.45, 7) is 1.62. The van der Waals surface area contributed by atoms with E-state index in [0.717, 1.165) is 30.6 Å². The van der Waals surface area contributed by atoms with Crippen LogP contribution in [0.25, 0.3) is 0 Å². The van der Waals surface area contributed by atoms with Gasteiger partial charge in [-0.1, -0.05) is 30.5 Å². The van der Waals surface area contributed by atoms with Crippen molar-refractivity contribution in [1.29, 1.82) is 0 Å². The molecule has 32 heavy (non-hydrogen) atoms. The molecule has 0 aliphatic carbocycles. The molecule has 0 saturated carbocycles. The van der Waals surface area contributed by atoms with Crippen LogP contribution in [0.1, 0.15) is 46.7 Å². The Balaban J connectivity index is 1.64. The van der Waals surface area contributed by atoms with E-state index in [1.807, 2.05) is 23.6 Å². The summed E-state index contributed by atoms with van der Waals surface area (Å²) in [5.41, 5.74) is 0.283. The van der Waals surface area contributed by atoms with Crippen LogP contribution in [0.2, 0.25) is 5.02 Å². The molecule has 3 heterocycles. The van der Waals surface area contributed by atoms with Crippen LogP contribution in [-0.4, -0.2) is 36.6 Å². The first-order valence-electron chi connectivity index (χ1n) is 10.6. The van der Waals surface area contributed by atoms with E-state index in [0.29, 0.717) is 25.4 Å². The van der Waals surface area contributed by atoms with Gasteiger partial charge in [-0.15, -0.1) is 11.3 Å². The highest BCUT2D eigenvalue weighted by molar-refractivity contribution is 7.89. The molecule has 170 valence electrons. The van der Waals surface area contributed by atoms with E-state index in [2.05, 4.69) is 0 Å². The first-order chi connectivity index (χ1) is 15.4. The van der Waals surface area contributed by atoms with E-state index in [-0.39, 0.29) is 27.9 Å². The fourth-order valence-electron chi connectivity index (χ4n) is 3.82. The second-order valence-corrected chi connectivity index (χ2v) is 11.1. The van der Waals surface area contributed by atoms with Crippen LogP contribution in [0.15, 0.2) is 63.4 Å². The molecule has 0 bridgehead atoms. The zero-order valence-electron chi connectivity index (χ0n) is 17.6. The van der Waals surface area contributed by atoms with Crippen molar-refractivity contribution < 1.29 is 17.6 Å². The van der Waals surface area contributed by atoms with E-state index in [9.17, 15) is 13.2 Å². The van der Waals surface area contributed by atoms with E-state index < -0.39 is 10.0 Å². The average Bonchev–Trinajstić information content (AvgIpc) is 3.41. The first kappa shape index (κ1) is 23.0. The summed E-state index contributed by atoms with van der Waals surface area (Å²) in [5.74, 6) is 0.375. The minimum Gasteiger partial charge on any atom is -0.467 e. The van der Waals surface area contributed by atoms with Crippen LogP contribution in [0.4, 0.5) is 0 Å². The Kier molecular flexibility index (Phi) is 7.35. The zero-order valence-corrected chi connectivity index (χ0v) is 20.0. The maximum atomic E-state index is 13.5. The van der Waals surface area contributed by atoms with Gasteiger partial charge in [0.05, 0.1) is 24.4 Å². The number of carbonyl (C=O) groups excluding carboxylic acids is 1. The third-order valence-electron chi connectivity index (χ3n) is 5.50. The normalized spacial score (nSPS) is 15.4. The SMILES string of the molecule is O=C(c1ccc(Cl)c(S(=O)(=O)N2CCCCCC2)c1)N(Cc1ccco1)Cc1cccs1. The van der Waals surface area contributed by atoms with E-state index in [1.54, 1.807) is 34.6 Å². The molecule has 1 aliphatic heterocycles. The third-order valence-corrected chi connectivity index (χ3v) is 8.74. The summed E-state index contributed by atoms with van der Waals surface area (Å²) in [5, 5.41) is 2.08. The lowest BCUT2D eigenvalue weighted by Gasteiger charge is -2.23. The van der Waals surface area contributed by atoms with Crippen LogP contribution < -0.4 is 0 Å². The Morgan fingerprint density at radius 2 is 1.84 bits per heavy atom.